The molecule has 1 aliphatic rings. The summed E-state index contributed by atoms with van der Waals surface area (Å²) in [5.41, 5.74) is 9.60. The van der Waals surface area contributed by atoms with Crippen LogP contribution in [0, 0.1) is 11.3 Å². The van der Waals surface area contributed by atoms with Crippen molar-refractivity contribution >= 4 is 0 Å². The van der Waals surface area contributed by atoms with E-state index in [9.17, 15) is 5.26 Å². The Morgan fingerprint density at radius 2 is 2.00 bits per heavy atom. The number of benzene rings is 2. The van der Waals surface area contributed by atoms with Crippen molar-refractivity contribution in [1.82, 2.24) is 10.2 Å². The van der Waals surface area contributed by atoms with Gasteiger partial charge in [0.05, 0.1) is 30.9 Å². The molecule has 0 spiro atoms. The minimum atomic E-state index is -0.441. The predicted molar refractivity (Wildman–Crippen MR) is 107 cm³/mol. The molecule has 0 aliphatic carbocycles. The molecule has 146 valence electrons. The molecule has 4 rings (SSSR count). The largest absolute Gasteiger partial charge is 0.497 e. The van der Waals surface area contributed by atoms with E-state index in [-0.39, 0.29) is 5.88 Å². The molecule has 2 aromatic carbocycles. The van der Waals surface area contributed by atoms with Crippen molar-refractivity contribution < 1.29 is 14.2 Å². The lowest BCUT2D eigenvalue weighted by atomic mass is 9.83. The van der Waals surface area contributed by atoms with E-state index >= 15 is 0 Å². The number of H-pyrrole nitrogens is 1. The summed E-state index contributed by atoms with van der Waals surface area (Å²) in [5, 5.41) is 17.2. The van der Waals surface area contributed by atoms with Crippen LogP contribution in [0.2, 0.25) is 0 Å². The molecule has 0 saturated heterocycles. The first-order valence-electron chi connectivity index (χ1n) is 9.19. The summed E-state index contributed by atoms with van der Waals surface area (Å²) < 4.78 is 16.6. The fourth-order valence-electron chi connectivity index (χ4n) is 3.53. The van der Waals surface area contributed by atoms with E-state index in [0.29, 0.717) is 23.8 Å². The van der Waals surface area contributed by atoms with Gasteiger partial charge in [-0.25, -0.2) is 0 Å². The number of nitriles is 1. The van der Waals surface area contributed by atoms with Crippen LogP contribution in [-0.2, 0) is 0 Å². The SMILES string of the molecule is CCOc1cccc(C2C(C#N)=C(N)Oc3n[nH]c(-c4cccc(OC)c4)c32)c1. The number of nitrogens with two attached hydrogens (primary N) is 1. The number of fused-ring (bicyclic) bond motifs is 1. The van der Waals surface area contributed by atoms with E-state index in [0.717, 1.165) is 28.1 Å². The van der Waals surface area contributed by atoms with Crippen LogP contribution in [-0.4, -0.2) is 23.9 Å². The lowest BCUT2D eigenvalue weighted by Gasteiger charge is -2.24. The quantitative estimate of drug-likeness (QED) is 0.690. The van der Waals surface area contributed by atoms with Gasteiger partial charge in [-0.1, -0.05) is 24.3 Å². The van der Waals surface area contributed by atoms with E-state index in [1.165, 1.54) is 0 Å². The van der Waals surface area contributed by atoms with Gasteiger partial charge in [0.1, 0.15) is 23.1 Å². The molecule has 3 N–H and O–H groups in total. The molecule has 1 aromatic heterocycles. The van der Waals surface area contributed by atoms with Crippen LogP contribution in [0.4, 0.5) is 0 Å². The summed E-state index contributed by atoms with van der Waals surface area (Å²) in [6.45, 7) is 2.47. The predicted octanol–water partition coefficient (Wildman–Crippen LogP) is 3.70. The third kappa shape index (κ3) is 3.25. The summed E-state index contributed by atoms with van der Waals surface area (Å²) in [4.78, 5) is 0. The average molecular weight is 388 g/mol. The number of methoxy groups -OCH3 is 1. The molecule has 7 nitrogen and oxygen atoms in total. The lowest BCUT2D eigenvalue weighted by molar-refractivity contribution is 0.339. The maximum atomic E-state index is 9.82. The highest BCUT2D eigenvalue weighted by molar-refractivity contribution is 5.71. The third-order valence-electron chi connectivity index (χ3n) is 4.80. The molecule has 1 aliphatic heterocycles. The highest BCUT2D eigenvalue weighted by Gasteiger charge is 2.35. The number of hydrogen-bond acceptors (Lipinski definition) is 6. The van der Waals surface area contributed by atoms with Crippen LogP contribution in [0.3, 0.4) is 0 Å². The van der Waals surface area contributed by atoms with Crippen LogP contribution in [0.25, 0.3) is 11.3 Å². The van der Waals surface area contributed by atoms with Gasteiger partial charge in [0.15, 0.2) is 0 Å². The molecule has 0 amide bonds. The maximum absolute atomic E-state index is 9.82. The molecular weight excluding hydrogens is 368 g/mol. The Labute approximate surface area is 168 Å². The first-order chi connectivity index (χ1) is 14.2. The molecule has 2 heterocycles. The van der Waals surface area contributed by atoms with Gasteiger partial charge in [-0.2, -0.15) is 5.26 Å². The van der Waals surface area contributed by atoms with Crippen LogP contribution >= 0.6 is 0 Å². The van der Waals surface area contributed by atoms with E-state index in [2.05, 4.69) is 16.3 Å². The molecule has 0 saturated carbocycles. The normalized spacial score (nSPS) is 15.3. The summed E-state index contributed by atoms with van der Waals surface area (Å²) >= 11 is 0. The summed E-state index contributed by atoms with van der Waals surface area (Å²) in [7, 11) is 1.61. The van der Waals surface area contributed by atoms with Gasteiger partial charge in [-0.05, 0) is 36.8 Å². The molecule has 3 aromatic rings. The number of hydrogen-bond donors (Lipinski definition) is 2. The molecule has 7 heteroatoms. The molecular formula is C22H20N4O3. The molecule has 1 atom stereocenters. The zero-order valence-electron chi connectivity index (χ0n) is 16.1. The number of rotatable bonds is 5. The number of ether oxygens (including phenoxy) is 3. The van der Waals surface area contributed by atoms with Crippen molar-refractivity contribution in [1.29, 1.82) is 5.26 Å². The van der Waals surface area contributed by atoms with Crippen LogP contribution in [0.15, 0.2) is 60.0 Å². The first kappa shape index (κ1) is 18.4. The lowest BCUT2D eigenvalue weighted by Crippen LogP contribution is -2.21. The van der Waals surface area contributed by atoms with Crippen molar-refractivity contribution in [3.05, 3.63) is 71.1 Å². The summed E-state index contributed by atoms with van der Waals surface area (Å²) in [5.74, 6) is 1.40. The fourth-order valence-corrected chi connectivity index (χ4v) is 3.53. The zero-order valence-corrected chi connectivity index (χ0v) is 16.1. The van der Waals surface area contributed by atoms with E-state index < -0.39 is 5.92 Å². The molecule has 0 bridgehead atoms. The Morgan fingerprint density at radius 1 is 1.21 bits per heavy atom. The maximum Gasteiger partial charge on any atom is 0.244 e. The van der Waals surface area contributed by atoms with Gasteiger partial charge in [0, 0.05) is 5.56 Å². The fraction of sp³-hybridized carbons (Fsp3) is 0.182. The highest BCUT2D eigenvalue weighted by Crippen LogP contribution is 2.46. The smallest absolute Gasteiger partial charge is 0.244 e. The Bertz CT molecular complexity index is 1130. The van der Waals surface area contributed by atoms with Gasteiger partial charge >= 0.3 is 0 Å². The van der Waals surface area contributed by atoms with Crippen molar-refractivity contribution in [3.63, 3.8) is 0 Å². The number of aromatic nitrogens is 2. The topological polar surface area (TPSA) is 106 Å². The van der Waals surface area contributed by atoms with Crippen molar-refractivity contribution in [2.75, 3.05) is 13.7 Å². The minimum absolute atomic E-state index is 0.0514. The Balaban J connectivity index is 1.91. The molecule has 0 fully saturated rings. The van der Waals surface area contributed by atoms with Gasteiger partial charge in [0.25, 0.3) is 0 Å². The third-order valence-corrected chi connectivity index (χ3v) is 4.80. The van der Waals surface area contributed by atoms with Crippen molar-refractivity contribution in [3.8, 4) is 34.7 Å². The van der Waals surface area contributed by atoms with E-state index in [4.69, 9.17) is 19.9 Å². The monoisotopic (exact) mass is 388 g/mol. The number of allylic oxidation sites excluding steroid dienone is 1. The Morgan fingerprint density at radius 3 is 2.76 bits per heavy atom. The van der Waals surface area contributed by atoms with Gasteiger partial charge < -0.3 is 19.9 Å². The average Bonchev–Trinajstić information content (AvgIpc) is 3.16. The molecule has 29 heavy (non-hydrogen) atoms. The Kier molecular flexibility index (Phi) is 4.83. The first-order valence-corrected chi connectivity index (χ1v) is 9.19. The second kappa shape index (κ2) is 7.60. The van der Waals surface area contributed by atoms with Crippen LogP contribution in [0.5, 0.6) is 17.4 Å². The number of nitrogens with one attached hydrogen (secondary N) is 1. The van der Waals surface area contributed by atoms with Crippen LogP contribution < -0.4 is 19.9 Å². The van der Waals surface area contributed by atoms with E-state index in [1.807, 2.05) is 55.5 Å². The van der Waals surface area contributed by atoms with Gasteiger partial charge in [-0.3, -0.25) is 5.10 Å². The standard InChI is InChI=1S/C22H20N4O3/c1-3-28-16-9-4-6-13(10-16)18-17(12-23)21(24)29-22-19(18)20(25-26-22)14-7-5-8-15(11-14)27-2/h4-11,18H,3,24H2,1-2H3,(H,25,26). The minimum Gasteiger partial charge on any atom is -0.497 e. The Hall–Kier alpha value is -3.92. The van der Waals surface area contributed by atoms with Gasteiger partial charge in [0.2, 0.25) is 11.8 Å². The zero-order chi connectivity index (χ0) is 20.4. The second-order valence-corrected chi connectivity index (χ2v) is 6.48. The number of aromatic amines is 1. The number of nitrogens with zero attached hydrogens (tertiary/aromatic N) is 2. The summed E-state index contributed by atoms with van der Waals surface area (Å²) in [6, 6.07) is 17.4. The van der Waals surface area contributed by atoms with Crippen LogP contribution in [0.1, 0.15) is 24.0 Å². The van der Waals surface area contributed by atoms with Gasteiger partial charge in [-0.15, -0.1) is 5.10 Å². The van der Waals surface area contributed by atoms with Crippen molar-refractivity contribution in [2.45, 2.75) is 12.8 Å². The highest BCUT2D eigenvalue weighted by atomic mass is 16.5. The molecule has 1 unspecified atom stereocenters. The summed E-state index contributed by atoms with van der Waals surface area (Å²) in [6.07, 6.45) is 0. The van der Waals surface area contributed by atoms with Crippen molar-refractivity contribution in [2.24, 2.45) is 5.73 Å². The molecule has 0 radical (unpaired) electrons. The van der Waals surface area contributed by atoms with E-state index in [1.54, 1.807) is 7.11 Å². The second-order valence-electron chi connectivity index (χ2n) is 6.48.